The number of ether oxygens (including phenoxy) is 2. The molecule has 2 nitrogen and oxygen atoms in total. The van der Waals surface area contributed by atoms with E-state index in [0.717, 1.165) is 30.9 Å². The van der Waals surface area contributed by atoms with Gasteiger partial charge >= 0.3 is 0 Å². The number of benzene rings is 1. The second kappa shape index (κ2) is 6.54. The van der Waals surface area contributed by atoms with E-state index in [4.69, 9.17) is 21.1 Å². The average molecular weight is 251 g/mol. The minimum Gasteiger partial charge on any atom is -0.493 e. The van der Waals surface area contributed by atoms with Gasteiger partial charge in [-0.1, -0.05) is 17.9 Å². The zero-order valence-electron chi connectivity index (χ0n) is 9.62. The summed E-state index contributed by atoms with van der Waals surface area (Å²) in [6.07, 6.45) is 1.09. The molecular weight excluding hydrogens is 236 g/mol. The first kappa shape index (κ1) is 12.3. The van der Waals surface area contributed by atoms with Crippen molar-refractivity contribution in [1.82, 2.24) is 0 Å². The Morgan fingerprint density at radius 1 is 1.47 bits per heavy atom. The first-order valence-corrected chi connectivity index (χ1v) is 6.27. The van der Waals surface area contributed by atoms with E-state index in [1.54, 1.807) is 0 Å². The highest BCUT2D eigenvalue weighted by Gasteiger charge is 2.15. The van der Waals surface area contributed by atoms with Gasteiger partial charge in [-0.25, -0.2) is 0 Å². The maximum absolute atomic E-state index is 5.73. The van der Waals surface area contributed by atoms with Crippen LogP contribution < -0.4 is 4.74 Å². The van der Waals surface area contributed by atoms with Crippen LogP contribution in [0.3, 0.4) is 0 Å². The molecule has 0 saturated carbocycles. The zero-order chi connectivity index (χ0) is 11.9. The zero-order valence-corrected chi connectivity index (χ0v) is 10.4. The molecule has 1 heterocycles. The molecule has 0 spiro atoms. The van der Waals surface area contributed by atoms with Crippen molar-refractivity contribution in [2.24, 2.45) is 5.92 Å². The Labute approximate surface area is 107 Å². The van der Waals surface area contributed by atoms with Crippen molar-refractivity contribution in [1.29, 1.82) is 0 Å². The van der Waals surface area contributed by atoms with Crippen LogP contribution in [0.5, 0.6) is 5.75 Å². The Bertz CT molecular complexity index is 414. The van der Waals surface area contributed by atoms with Crippen molar-refractivity contribution in [2.45, 2.75) is 6.42 Å². The smallest absolute Gasteiger partial charge is 0.120 e. The molecule has 0 aliphatic carbocycles. The fraction of sp³-hybridized carbons (Fsp3) is 0.429. The molecule has 1 aromatic carbocycles. The summed E-state index contributed by atoms with van der Waals surface area (Å²) in [5, 5.41) is 0. The molecule has 3 heteroatoms. The first-order valence-electron chi connectivity index (χ1n) is 5.74. The normalized spacial score (nSPS) is 18.5. The molecular formula is C14H15ClO2. The van der Waals surface area contributed by atoms with Gasteiger partial charge in [-0.3, -0.25) is 0 Å². The molecule has 1 aliphatic rings. The third-order valence-corrected chi connectivity index (χ3v) is 2.78. The van der Waals surface area contributed by atoms with Crippen molar-refractivity contribution in [3.63, 3.8) is 0 Å². The molecule has 0 bridgehead atoms. The van der Waals surface area contributed by atoms with Gasteiger partial charge in [-0.05, 0) is 24.6 Å². The highest BCUT2D eigenvalue weighted by atomic mass is 35.5. The fourth-order valence-corrected chi connectivity index (χ4v) is 1.79. The van der Waals surface area contributed by atoms with Crippen LogP contribution in [0.1, 0.15) is 12.0 Å². The summed E-state index contributed by atoms with van der Waals surface area (Å²) >= 11 is 5.52. The SMILES string of the molecule is ClCC#Cc1cccc(OCC2CCOC2)c1. The fourth-order valence-electron chi connectivity index (χ4n) is 1.73. The van der Waals surface area contributed by atoms with Gasteiger partial charge in [0, 0.05) is 18.1 Å². The van der Waals surface area contributed by atoms with E-state index in [1.165, 1.54) is 0 Å². The van der Waals surface area contributed by atoms with Gasteiger partial charge in [0.25, 0.3) is 0 Å². The Hall–Kier alpha value is -1.17. The van der Waals surface area contributed by atoms with E-state index >= 15 is 0 Å². The maximum Gasteiger partial charge on any atom is 0.120 e. The van der Waals surface area contributed by atoms with Gasteiger partial charge in [0.05, 0.1) is 19.1 Å². The topological polar surface area (TPSA) is 18.5 Å². The third-order valence-electron chi connectivity index (χ3n) is 2.64. The number of hydrogen-bond donors (Lipinski definition) is 0. The second-order valence-electron chi connectivity index (χ2n) is 4.00. The van der Waals surface area contributed by atoms with E-state index in [0.29, 0.717) is 18.4 Å². The molecule has 1 aromatic rings. The van der Waals surface area contributed by atoms with Crippen LogP contribution in [0.2, 0.25) is 0 Å². The summed E-state index contributed by atoms with van der Waals surface area (Å²) in [6, 6.07) is 7.78. The number of hydrogen-bond acceptors (Lipinski definition) is 2. The Morgan fingerprint density at radius 3 is 3.18 bits per heavy atom. The Balaban J connectivity index is 1.91. The average Bonchev–Trinajstić information content (AvgIpc) is 2.87. The van der Waals surface area contributed by atoms with Crippen molar-refractivity contribution < 1.29 is 9.47 Å². The standard InChI is InChI=1S/C14H15ClO2/c15-7-2-4-12-3-1-5-14(9-12)17-11-13-6-8-16-10-13/h1,3,5,9,13H,6-8,10-11H2. The number of halogens is 1. The van der Waals surface area contributed by atoms with E-state index in [2.05, 4.69) is 11.8 Å². The van der Waals surface area contributed by atoms with Crippen molar-refractivity contribution in [3.8, 4) is 17.6 Å². The first-order chi connectivity index (χ1) is 8.38. The molecule has 1 saturated heterocycles. The quantitative estimate of drug-likeness (QED) is 0.607. The molecule has 1 aliphatic heterocycles. The van der Waals surface area contributed by atoms with E-state index < -0.39 is 0 Å². The summed E-state index contributed by atoms with van der Waals surface area (Å²) in [6.45, 7) is 2.38. The van der Waals surface area contributed by atoms with Crippen LogP contribution >= 0.6 is 11.6 Å². The lowest BCUT2D eigenvalue weighted by molar-refractivity contribution is 0.167. The van der Waals surface area contributed by atoms with Gasteiger partial charge in [-0.2, -0.15) is 0 Å². The summed E-state index contributed by atoms with van der Waals surface area (Å²) in [5.41, 5.74) is 0.936. The van der Waals surface area contributed by atoms with E-state index in [-0.39, 0.29) is 0 Å². The van der Waals surface area contributed by atoms with Gasteiger partial charge in [0.1, 0.15) is 5.75 Å². The molecule has 0 amide bonds. The van der Waals surface area contributed by atoms with Crippen LogP contribution in [0, 0.1) is 17.8 Å². The Morgan fingerprint density at radius 2 is 2.41 bits per heavy atom. The monoisotopic (exact) mass is 250 g/mol. The largest absolute Gasteiger partial charge is 0.493 e. The van der Waals surface area contributed by atoms with Gasteiger partial charge in [0.15, 0.2) is 0 Å². The van der Waals surface area contributed by atoms with E-state index in [1.807, 2.05) is 24.3 Å². The van der Waals surface area contributed by atoms with E-state index in [9.17, 15) is 0 Å². The molecule has 0 aromatic heterocycles. The highest BCUT2D eigenvalue weighted by Crippen LogP contribution is 2.17. The summed E-state index contributed by atoms with van der Waals surface area (Å²) in [5.74, 6) is 7.54. The lowest BCUT2D eigenvalue weighted by Gasteiger charge is -2.10. The molecule has 0 N–H and O–H groups in total. The van der Waals surface area contributed by atoms with Gasteiger partial charge in [-0.15, -0.1) is 11.6 Å². The number of rotatable bonds is 3. The molecule has 1 fully saturated rings. The molecule has 90 valence electrons. The molecule has 1 atom stereocenters. The Kier molecular flexibility index (Phi) is 4.73. The van der Waals surface area contributed by atoms with Crippen molar-refractivity contribution >= 4 is 11.6 Å². The van der Waals surface area contributed by atoms with Crippen molar-refractivity contribution in [2.75, 3.05) is 25.7 Å². The van der Waals surface area contributed by atoms with Crippen LogP contribution in [0.25, 0.3) is 0 Å². The minimum atomic E-state index is 0.352. The van der Waals surface area contributed by atoms with Gasteiger partial charge < -0.3 is 9.47 Å². The van der Waals surface area contributed by atoms with Gasteiger partial charge in [0.2, 0.25) is 0 Å². The van der Waals surface area contributed by atoms with Crippen molar-refractivity contribution in [3.05, 3.63) is 29.8 Å². The third kappa shape index (κ3) is 3.96. The lowest BCUT2D eigenvalue weighted by Crippen LogP contribution is -2.11. The van der Waals surface area contributed by atoms with Crippen LogP contribution in [0.15, 0.2) is 24.3 Å². The summed E-state index contributed by atoms with van der Waals surface area (Å²) in [7, 11) is 0. The van der Waals surface area contributed by atoms with Crippen LogP contribution in [0.4, 0.5) is 0 Å². The molecule has 1 unspecified atom stereocenters. The predicted octanol–water partition coefficient (Wildman–Crippen LogP) is 2.69. The highest BCUT2D eigenvalue weighted by molar-refractivity contribution is 6.19. The van der Waals surface area contributed by atoms with Crippen LogP contribution in [-0.2, 0) is 4.74 Å². The van der Waals surface area contributed by atoms with Crippen LogP contribution in [-0.4, -0.2) is 25.7 Å². The lowest BCUT2D eigenvalue weighted by atomic mass is 10.1. The summed E-state index contributed by atoms with van der Waals surface area (Å²) < 4.78 is 11.0. The maximum atomic E-state index is 5.73. The second-order valence-corrected chi connectivity index (χ2v) is 4.27. The minimum absolute atomic E-state index is 0.352. The molecule has 0 radical (unpaired) electrons. The summed E-state index contributed by atoms with van der Waals surface area (Å²) in [4.78, 5) is 0. The molecule has 17 heavy (non-hydrogen) atoms. The predicted molar refractivity (Wildman–Crippen MR) is 68.5 cm³/mol. The number of alkyl halides is 1. The molecule has 2 rings (SSSR count).